The third-order valence-corrected chi connectivity index (χ3v) is 10.0. The van der Waals surface area contributed by atoms with Crippen molar-refractivity contribution in [3.63, 3.8) is 0 Å². The van der Waals surface area contributed by atoms with E-state index >= 15 is 0 Å². The van der Waals surface area contributed by atoms with E-state index in [0.29, 0.717) is 9.04 Å². The first-order chi connectivity index (χ1) is 13.1. The number of hydrogen-bond donors (Lipinski definition) is 0. The number of benzene rings is 2. The molecule has 0 nitrogen and oxygen atoms in total. The van der Waals surface area contributed by atoms with Crippen LogP contribution in [0.25, 0.3) is 17.2 Å². The molecular weight excluding hydrogens is 474 g/mol. The SMILES string of the molecule is CC1=Cc2c(-c3ccc(C45CC6CC(CC(C6)C4)C5)cc3)cccc2[CH]1[Zr].Cl.Cl. The molecule has 0 spiro atoms. The van der Waals surface area contributed by atoms with Gasteiger partial charge < -0.3 is 0 Å². The number of halogens is 2. The van der Waals surface area contributed by atoms with Gasteiger partial charge in [-0.15, -0.1) is 24.8 Å². The molecule has 4 fully saturated rings. The second-order valence-corrected chi connectivity index (χ2v) is 11.3. The smallest absolute Gasteiger partial charge is 0.147 e. The Morgan fingerprint density at radius 3 is 2.00 bits per heavy atom. The van der Waals surface area contributed by atoms with E-state index in [4.69, 9.17) is 0 Å². The molecule has 2 aromatic rings. The summed E-state index contributed by atoms with van der Waals surface area (Å²) in [7, 11) is 0. The summed E-state index contributed by atoms with van der Waals surface area (Å²) in [6.07, 6.45) is 11.4. The van der Waals surface area contributed by atoms with Gasteiger partial charge in [0, 0.05) is 0 Å². The maximum Gasteiger partial charge on any atom is -0.147 e. The Balaban J connectivity index is 0.00000102. The number of fused-ring (bicyclic) bond motifs is 1. The van der Waals surface area contributed by atoms with Crippen LogP contribution in [-0.4, -0.2) is 0 Å². The minimum Gasteiger partial charge on any atom is -0.147 e. The van der Waals surface area contributed by atoms with Gasteiger partial charge in [-0.05, 0) is 0 Å². The van der Waals surface area contributed by atoms with Crippen LogP contribution < -0.4 is 0 Å². The zero-order chi connectivity index (χ0) is 18.2. The van der Waals surface area contributed by atoms with Crippen molar-refractivity contribution in [1.29, 1.82) is 0 Å². The summed E-state index contributed by atoms with van der Waals surface area (Å²) in [6, 6.07) is 16.7. The molecule has 1 atom stereocenters. The van der Waals surface area contributed by atoms with E-state index < -0.39 is 0 Å². The monoisotopic (exact) mass is 501 g/mol. The van der Waals surface area contributed by atoms with Crippen LogP contribution in [0.2, 0.25) is 0 Å². The van der Waals surface area contributed by atoms with Gasteiger partial charge in [0.25, 0.3) is 0 Å². The van der Waals surface area contributed by atoms with Gasteiger partial charge in [-0.2, -0.15) is 0 Å². The fourth-order valence-electron chi connectivity index (χ4n) is 7.27. The molecule has 1 unspecified atom stereocenters. The van der Waals surface area contributed by atoms with E-state index in [1.54, 1.807) is 30.3 Å². The first kappa shape index (κ1) is 21.9. The summed E-state index contributed by atoms with van der Waals surface area (Å²) in [5, 5.41) is 0. The fraction of sp³-hybridized carbons (Fsp3) is 0.462. The van der Waals surface area contributed by atoms with Crippen molar-refractivity contribution in [2.45, 2.75) is 54.5 Å². The molecule has 151 valence electrons. The average molecular weight is 504 g/mol. The topological polar surface area (TPSA) is 0 Å². The number of rotatable bonds is 2. The van der Waals surface area contributed by atoms with E-state index in [1.165, 1.54) is 66.4 Å². The van der Waals surface area contributed by atoms with Gasteiger partial charge >= 0.3 is 179 Å². The third kappa shape index (κ3) is 3.44. The quantitative estimate of drug-likeness (QED) is 0.394. The molecule has 4 bridgehead atoms. The van der Waals surface area contributed by atoms with Crippen molar-refractivity contribution in [3.05, 3.63) is 64.7 Å². The number of allylic oxidation sites excluding steroid dienone is 1. The molecule has 5 aliphatic rings. The van der Waals surface area contributed by atoms with Gasteiger partial charge in [0.1, 0.15) is 0 Å². The Kier molecular flexibility index (Phi) is 6.00. The van der Waals surface area contributed by atoms with E-state index in [0.717, 1.165) is 17.8 Å². The van der Waals surface area contributed by atoms with Crippen LogP contribution in [0.5, 0.6) is 0 Å². The van der Waals surface area contributed by atoms with E-state index in [-0.39, 0.29) is 24.8 Å². The summed E-state index contributed by atoms with van der Waals surface area (Å²) in [4.78, 5) is 0. The molecule has 0 saturated heterocycles. The zero-order valence-electron chi connectivity index (χ0n) is 17.0. The summed E-state index contributed by atoms with van der Waals surface area (Å²) in [5.41, 5.74) is 9.51. The standard InChI is InChI=1S/C26H27.2ClH.Zr/c1-17-9-22-3-2-4-24(25(22)10-17)21-5-7-23(8-6-21)26-14-18-11-19(15-26)13-20(12-18)16-26;;;/h2-10,18-20H,11-16H2,1H3;2*1H;. The molecule has 0 aromatic heterocycles. The largest absolute Gasteiger partial charge is 0.147 e. The van der Waals surface area contributed by atoms with E-state index in [1.807, 2.05) is 0 Å². The minimum atomic E-state index is 0. The molecule has 0 N–H and O–H groups in total. The van der Waals surface area contributed by atoms with E-state index in [9.17, 15) is 0 Å². The van der Waals surface area contributed by atoms with Crippen LogP contribution in [0.1, 0.15) is 65.8 Å². The summed E-state index contributed by atoms with van der Waals surface area (Å²) in [6.45, 7) is 2.29. The molecule has 7 rings (SSSR count). The molecule has 29 heavy (non-hydrogen) atoms. The van der Waals surface area contributed by atoms with Gasteiger partial charge in [0.05, 0.1) is 0 Å². The van der Waals surface area contributed by atoms with Gasteiger partial charge in [0.15, 0.2) is 0 Å². The van der Waals surface area contributed by atoms with Crippen LogP contribution in [0.3, 0.4) is 0 Å². The average Bonchev–Trinajstić information content (AvgIpc) is 2.95. The molecule has 0 heterocycles. The predicted molar refractivity (Wildman–Crippen MR) is 123 cm³/mol. The van der Waals surface area contributed by atoms with Crippen LogP contribution in [0.4, 0.5) is 0 Å². The summed E-state index contributed by atoms with van der Waals surface area (Å²) < 4.78 is 0.651. The van der Waals surface area contributed by atoms with Crippen molar-refractivity contribution in [2.24, 2.45) is 17.8 Å². The molecule has 0 amide bonds. The Hall–Kier alpha value is -0.357. The Morgan fingerprint density at radius 2 is 1.41 bits per heavy atom. The van der Waals surface area contributed by atoms with Gasteiger partial charge in [-0.1, -0.05) is 0 Å². The first-order valence-corrected chi connectivity index (χ1v) is 12.2. The van der Waals surface area contributed by atoms with Crippen LogP contribution >= 0.6 is 24.8 Å². The minimum absolute atomic E-state index is 0. The second kappa shape index (κ2) is 7.96. The molecule has 2 aromatic carbocycles. The van der Waals surface area contributed by atoms with Crippen molar-refractivity contribution >= 4 is 30.9 Å². The maximum absolute atomic E-state index is 2.49. The molecular formula is C26H29Cl2Zr. The Bertz CT molecular complexity index is 908. The third-order valence-electron chi connectivity index (χ3n) is 8.12. The summed E-state index contributed by atoms with van der Waals surface area (Å²) >= 11 is 1.61. The zero-order valence-corrected chi connectivity index (χ0v) is 21.1. The Labute approximate surface area is 202 Å². The predicted octanol–water partition coefficient (Wildman–Crippen LogP) is 7.67. The molecule has 5 aliphatic carbocycles. The van der Waals surface area contributed by atoms with Gasteiger partial charge in [0.2, 0.25) is 0 Å². The van der Waals surface area contributed by atoms with Gasteiger partial charge in [-0.25, -0.2) is 0 Å². The first-order valence-electron chi connectivity index (χ1n) is 10.7. The van der Waals surface area contributed by atoms with Crippen molar-refractivity contribution < 1.29 is 24.7 Å². The van der Waals surface area contributed by atoms with Crippen molar-refractivity contribution in [1.82, 2.24) is 0 Å². The second-order valence-electron chi connectivity index (χ2n) is 9.91. The van der Waals surface area contributed by atoms with Crippen LogP contribution in [0, 0.1) is 17.8 Å². The molecule has 4 saturated carbocycles. The van der Waals surface area contributed by atoms with Crippen LogP contribution in [-0.2, 0) is 30.1 Å². The maximum atomic E-state index is 2.49. The van der Waals surface area contributed by atoms with Crippen molar-refractivity contribution in [2.75, 3.05) is 0 Å². The Morgan fingerprint density at radius 1 is 0.828 bits per heavy atom. The van der Waals surface area contributed by atoms with E-state index in [2.05, 4.69) is 55.5 Å². The molecule has 0 radical (unpaired) electrons. The van der Waals surface area contributed by atoms with Gasteiger partial charge in [-0.3, -0.25) is 0 Å². The molecule has 0 aliphatic heterocycles. The normalized spacial score (nSPS) is 33.4. The summed E-state index contributed by atoms with van der Waals surface area (Å²) in [5.74, 6) is 3.06. The fourth-order valence-corrected chi connectivity index (χ4v) is 8.10. The van der Waals surface area contributed by atoms with Crippen LogP contribution in [0.15, 0.2) is 48.0 Å². The number of hydrogen-bond acceptors (Lipinski definition) is 0. The molecule has 3 heteroatoms. The van der Waals surface area contributed by atoms with Crippen molar-refractivity contribution in [3.8, 4) is 11.1 Å².